The predicted octanol–water partition coefficient (Wildman–Crippen LogP) is 0.854. The molecule has 14 heavy (non-hydrogen) atoms. The van der Waals surface area contributed by atoms with Gasteiger partial charge in [-0.1, -0.05) is 17.7 Å². The standard InChI is InChI=1S/C10H13NO3/c12-9(11-7-10(13)14)6-5-8-3-1-2-4-8/h3,5-6H,1-2,4,7H2,(H,11,12)(H,13,14)/b6-5+. The second kappa shape index (κ2) is 5.21. The van der Waals surface area contributed by atoms with Crippen LogP contribution in [-0.4, -0.2) is 23.5 Å². The molecule has 0 atom stereocenters. The number of carbonyl (C=O) groups excluding carboxylic acids is 1. The quantitative estimate of drug-likeness (QED) is 0.653. The zero-order valence-corrected chi connectivity index (χ0v) is 7.82. The number of carbonyl (C=O) groups is 2. The Balaban J connectivity index is 2.28. The fourth-order valence-electron chi connectivity index (χ4n) is 1.25. The minimum atomic E-state index is -1.04. The molecule has 2 N–H and O–H groups in total. The van der Waals surface area contributed by atoms with E-state index in [1.165, 1.54) is 6.08 Å². The Morgan fingerprint density at radius 1 is 1.57 bits per heavy atom. The molecule has 0 aromatic carbocycles. The van der Waals surface area contributed by atoms with Crippen LogP contribution in [0.4, 0.5) is 0 Å². The van der Waals surface area contributed by atoms with E-state index in [0.29, 0.717) is 0 Å². The molecule has 76 valence electrons. The molecule has 0 aromatic rings. The van der Waals surface area contributed by atoms with E-state index in [0.717, 1.165) is 24.8 Å². The number of carboxylic acids is 1. The normalized spacial score (nSPS) is 15.6. The molecule has 1 rings (SSSR count). The zero-order valence-electron chi connectivity index (χ0n) is 7.82. The van der Waals surface area contributed by atoms with Crippen molar-refractivity contribution in [2.45, 2.75) is 19.3 Å². The molecular formula is C10H13NO3. The number of hydrogen-bond donors (Lipinski definition) is 2. The molecule has 0 fully saturated rings. The number of nitrogens with one attached hydrogen (secondary N) is 1. The summed E-state index contributed by atoms with van der Waals surface area (Å²) in [5, 5.41) is 10.5. The molecule has 0 unspecified atom stereocenters. The molecule has 0 aromatic heterocycles. The highest BCUT2D eigenvalue weighted by atomic mass is 16.4. The Morgan fingerprint density at radius 2 is 2.36 bits per heavy atom. The van der Waals surface area contributed by atoms with E-state index in [1.807, 2.05) is 0 Å². The summed E-state index contributed by atoms with van der Waals surface area (Å²) < 4.78 is 0. The minimum absolute atomic E-state index is 0.331. The lowest BCUT2D eigenvalue weighted by Gasteiger charge is -1.96. The van der Waals surface area contributed by atoms with Crippen LogP contribution in [-0.2, 0) is 9.59 Å². The van der Waals surface area contributed by atoms with Crippen molar-refractivity contribution in [1.29, 1.82) is 0 Å². The summed E-state index contributed by atoms with van der Waals surface area (Å²) in [5.74, 6) is -1.40. The SMILES string of the molecule is O=C(O)CNC(=O)/C=C/C1=CCCC1. The molecule has 1 amide bonds. The van der Waals surface area contributed by atoms with Gasteiger partial charge in [0.1, 0.15) is 6.54 Å². The van der Waals surface area contributed by atoms with Crippen molar-refractivity contribution in [3.8, 4) is 0 Å². The van der Waals surface area contributed by atoms with Crippen LogP contribution in [0, 0.1) is 0 Å². The molecule has 0 heterocycles. The molecule has 0 bridgehead atoms. The minimum Gasteiger partial charge on any atom is -0.480 e. The maximum Gasteiger partial charge on any atom is 0.322 e. The Bertz CT molecular complexity index is 292. The number of aliphatic carboxylic acids is 1. The van der Waals surface area contributed by atoms with Gasteiger partial charge in [-0.05, 0) is 19.3 Å². The van der Waals surface area contributed by atoms with Crippen LogP contribution in [0.1, 0.15) is 19.3 Å². The van der Waals surface area contributed by atoms with Crippen LogP contribution in [0.3, 0.4) is 0 Å². The highest BCUT2D eigenvalue weighted by Gasteiger charge is 2.02. The van der Waals surface area contributed by atoms with Crippen LogP contribution in [0.5, 0.6) is 0 Å². The molecule has 4 heteroatoms. The highest BCUT2D eigenvalue weighted by Crippen LogP contribution is 2.17. The molecular weight excluding hydrogens is 182 g/mol. The van der Waals surface area contributed by atoms with Crippen LogP contribution in [0.15, 0.2) is 23.8 Å². The molecule has 0 aliphatic heterocycles. The fraction of sp³-hybridized carbons (Fsp3) is 0.400. The van der Waals surface area contributed by atoms with Crippen LogP contribution < -0.4 is 5.32 Å². The first-order chi connectivity index (χ1) is 6.68. The first kappa shape index (κ1) is 10.5. The number of rotatable bonds is 4. The predicted molar refractivity (Wildman–Crippen MR) is 51.7 cm³/mol. The van der Waals surface area contributed by atoms with Gasteiger partial charge in [0.05, 0.1) is 0 Å². The Morgan fingerprint density at radius 3 is 2.93 bits per heavy atom. The van der Waals surface area contributed by atoms with Gasteiger partial charge >= 0.3 is 5.97 Å². The lowest BCUT2D eigenvalue weighted by Crippen LogP contribution is -2.27. The molecule has 0 spiro atoms. The summed E-state index contributed by atoms with van der Waals surface area (Å²) in [4.78, 5) is 21.1. The Hall–Kier alpha value is -1.58. The van der Waals surface area contributed by atoms with Gasteiger partial charge in [-0.15, -0.1) is 0 Å². The van der Waals surface area contributed by atoms with Crippen molar-refractivity contribution in [3.63, 3.8) is 0 Å². The molecule has 0 radical (unpaired) electrons. The van der Waals surface area contributed by atoms with Crippen molar-refractivity contribution < 1.29 is 14.7 Å². The van der Waals surface area contributed by atoms with Gasteiger partial charge in [0, 0.05) is 6.08 Å². The van der Waals surface area contributed by atoms with Gasteiger partial charge in [0.2, 0.25) is 5.91 Å². The smallest absolute Gasteiger partial charge is 0.322 e. The van der Waals surface area contributed by atoms with Crippen molar-refractivity contribution in [3.05, 3.63) is 23.8 Å². The first-order valence-electron chi connectivity index (χ1n) is 4.55. The van der Waals surface area contributed by atoms with Crippen molar-refractivity contribution >= 4 is 11.9 Å². The van der Waals surface area contributed by atoms with Crippen molar-refractivity contribution in [2.75, 3.05) is 6.54 Å². The number of carboxylic acid groups (broad SMARTS) is 1. The third-order valence-electron chi connectivity index (χ3n) is 1.94. The number of amides is 1. The molecule has 0 saturated carbocycles. The summed E-state index contributed by atoms with van der Waals surface area (Å²) in [6.45, 7) is -0.331. The maximum atomic E-state index is 11.0. The second-order valence-corrected chi connectivity index (χ2v) is 3.12. The van der Waals surface area contributed by atoms with E-state index >= 15 is 0 Å². The third kappa shape index (κ3) is 3.89. The van der Waals surface area contributed by atoms with Gasteiger partial charge in [-0.25, -0.2) is 0 Å². The summed E-state index contributed by atoms with van der Waals surface area (Å²) in [6, 6.07) is 0. The lowest BCUT2D eigenvalue weighted by molar-refractivity contribution is -0.137. The average Bonchev–Trinajstić information content (AvgIpc) is 2.63. The summed E-state index contributed by atoms with van der Waals surface area (Å²) in [5.41, 5.74) is 1.15. The molecule has 1 aliphatic carbocycles. The third-order valence-corrected chi connectivity index (χ3v) is 1.94. The summed E-state index contributed by atoms with van der Waals surface area (Å²) in [7, 11) is 0. The van der Waals surface area contributed by atoms with Crippen LogP contribution in [0.25, 0.3) is 0 Å². The second-order valence-electron chi connectivity index (χ2n) is 3.12. The first-order valence-corrected chi connectivity index (χ1v) is 4.55. The van der Waals surface area contributed by atoms with E-state index in [-0.39, 0.29) is 12.5 Å². The van der Waals surface area contributed by atoms with Crippen LogP contribution >= 0.6 is 0 Å². The number of hydrogen-bond acceptors (Lipinski definition) is 2. The van der Waals surface area contributed by atoms with E-state index in [2.05, 4.69) is 11.4 Å². The highest BCUT2D eigenvalue weighted by molar-refractivity contribution is 5.90. The van der Waals surface area contributed by atoms with Gasteiger partial charge in [0.25, 0.3) is 0 Å². The van der Waals surface area contributed by atoms with Gasteiger partial charge in [-0.3, -0.25) is 9.59 Å². The number of allylic oxidation sites excluding steroid dienone is 3. The van der Waals surface area contributed by atoms with Crippen LogP contribution in [0.2, 0.25) is 0 Å². The van der Waals surface area contributed by atoms with E-state index in [4.69, 9.17) is 5.11 Å². The zero-order chi connectivity index (χ0) is 10.4. The Labute approximate surface area is 82.3 Å². The molecule has 1 aliphatic rings. The largest absolute Gasteiger partial charge is 0.480 e. The maximum absolute atomic E-state index is 11.0. The van der Waals surface area contributed by atoms with Gasteiger partial charge in [-0.2, -0.15) is 0 Å². The monoisotopic (exact) mass is 195 g/mol. The molecule has 0 saturated heterocycles. The van der Waals surface area contributed by atoms with Gasteiger partial charge < -0.3 is 10.4 Å². The average molecular weight is 195 g/mol. The van der Waals surface area contributed by atoms with E-state index in [1.54, 1.807) is 6.08 Å². The summed E-state index contributed by atoms with van der Waals surface area (Å²) >= 11 is 0. The van der Waals surface area contributed by atoms with Gasteiger partial charge in [0.15, 0.2) is 0 Å². The summed E-state index contributed by atoms with van der Waals surface area (Å²) in [6.07, 6.45) is 8.40. The topological polar surface area (TPSA) is 66.4 Å². The van der Waals surface area contributed by atoms with E-state index in [9.17, 15) is 9.59 Å². The Kier molecular flexibility index (Phi) is 3.91. The van der Waals surface area contributed by atoms with Crippen molar-refractivity contribution in [1.82, 2.24) is 5.32 Å². The van der Waals surface area contributed by atoms with Crippen molar-refractivity contribution in [2.24, 2.45) is 0 Å². The molecule has 4 nitrogen and oxygen atoms in total. The fourth-order valence-corrected chi connectivity index (χ4v) is 1.25. The van der Waals surface area contributed by atoms with E-state index < -0.39 is 5.97 Å². The lowest BCUT2D eigenvalue weighted by atomic mass is 10.2.